The van der Waals surface area contributed by atoms with Gasteiger partial charge in [0, 0.05) is 45.2 Å². The van der Waals surface area contributed by atoms with Crippen LogP contribution in [0.25, 0.3) is 0 Å². The molecule has 1 atom stereocenters. The smallest absolute Gasteiger partial charge is 0.221 e. The third kappa shape index (κ3) is 4.93. The number of amides is 1. The lowest BCUT2D eigenvalue weighted by atomic mass is 10.1. The summed E-state index contributed by atoms with van der Waals surface area (Å²) in [5, 5.41) is 8.15. The van der Waals surface area contributed by atoms with Gasteiger partial charge in [0.2, 0.25) is 5.91 Å². The van der Waals surface area contributed by atoms with Gasteiger partial charge in [0.05, 0.1) is 16.4 Å². The predicted octanol–water partition coefficient (Wildman–Crippen LogP) is 1.30. The van der Waals surface area contributed by atoms with Crippen LogP contribution in [-0.2, 0) is 11.3 Å². The Kier molecular flexibility index (Phi) is 6.44. The molecule has 23 heavy (non-hydrogen) atoms. The third-order valence-corrected chi connectivity index (χ3v) is 5.11. The van der Waals surface area contributed by atoms with Gasteiger partial charge in [-0.3, -0.25) is 9.48 Å². The van der Waals surface area contributed by atoms with E-state index in [1.165, 1.54) is 0 Å². The summed E-state index contributed by atoms with van der Waals surface area (Å²) in [5.41, 5.74) is 1.85. The summed E-state index contributed by atoms with van der Waals surface area (Å²) in [7, 11) is 4.20. The molecule has 0 spiro atoms. The number of carbonyl (C=O) groups excluding carboxylic acids is 1. The van der Waals surface area contributed by atoms with Gasteiger partial charge in [-0.15, -0.1) is 0 Å². The van der Waals surface area contributed by atoms with E-state index in [4.69, 9.17) is 11.6 Å². The Balaban J connectivity index is 1.69. The molecule has 1 fully saturated rings. The second-order valence-corrected chi connectivity index (χ2v) is 6.89. The number of aryl methyl sites for hydroxylation is 2. The van der Waals surface area contributed by atoms with Crippen molar-refractivity contribution < 1.29 is 4.79 Å². The number of carbonyl (C=O) groups is 1. The molecular formula is C16H28ClN5O. The van der Waals surface area contributed by atoms with Crippen molar-refractivity contribution in [1.29, 1.82) is 0 Å². The van der Waals surface area contributed by atoms with Gasteiger partial charge in [0.15, 0.2) is 0 Å². The molecule has 6 nitrogen and oxygen atoms in total. The fourth-order valence-corrected chi connectivity index (χ4v) is 3.09. The van der Waals surface area contributed by atoms with E-state index in [0.29, 0.717) is 19.0 Å². The van der Waals surface area contributed by atoms with Crippen LogP contribution >= 0.6 is 11.6 Å². The van der Waals surface area contributed by atoms with Crippen molar-refractivity contribution in [1.82, 2.24) is 24.9 Å². The van der Waals surface area contributed by atoms with Crippen molar-refractivity contribution in [3.05, 3.63) is 16.4 Å². The van der Waals surface area contributed by atoms with Crippen molar-refractivity contribution in [3.63, 3.8) is 0 Å². The quantitative estimate of drug-likeness (QED) is 0.792. The number of likely N-dealkylation sites (N-methyl/N-ethyl adjacent to an activating group) is 2. The number of piperazine rings is 1. The SMILES string of the molecule is Cc1nn(CCCNC(=O)C[C@@H]2CN(C)CCN2C)c(C)c1Cl. The minimum absolute atomic E-state index is 0.128. The van der Waals surface area contributed by atoms with Gasteiger partial charge in [-0.2, -0.15) is 5.10 Å². The highest BCUT2D eigenvalue weighted by molar-refractivity contribution is 6.31. The largest absolute Gasteiger partial charge is 0.356 e. The Bertz CT molecular complexity index is 545. The topological polar surface area (TPSA) is 53.4 Å². The second kappa shape index (κ2) is 8.13. The van der Waals surface area contributed by atoms with E-state index >= 15 is 0 Å². The lowest BCUT2D eigenvalue weighted by Crippen LogP contribution is -2.51. The van der Waals surface area contributed by atoms with E-state index in [1.54, 1.807) is 0 Å². The van der Waals surface area contributed by atoms with Gasteiger partial charge in [0.1, 0.15) is 0 Å². The van der Waals surface area contributed by atoms with E-state index in [0.717, 1.165) is 49.0 Å². The maximum Gasteiger partial charge on any atom is 0.221 e. The van der Waals surface area contributed by atoms with Gasteiger partial charge in [-0.25, -0.2) is 0 Å². The number of hydrogen-bond acceptors (Lipinski definition) is 4. The molecule has 0 aromatic carbocycles. The summed E-state index contributed by atoms with van der Waals surface area (Å²) < 4.78 is 1.91. The normalized spacial score (nSPS) is 20.0. The van der Waals surface area contributed by atoms with Crippen molar-refractivity contribution in [2.75, 3.05) is 40.3 Å². The van der Waals surface area contributed by atoms with Crippen LogP contribution in [-0.4, -0.2) is 71.8 Å². The van der Waals surface area contributed by atoms with Crippen molar-refractivity contribution in [3.8, 4) is 0 Å². The van der Waals surface area contributed by atoms with E-state index in [9.17, 15) is 4.79 Å². The molecule has 0 aliphatic carbocycles. The van der Waals surface area contributed by atoms with E-state index < -0.39 is 0 Å². The lowest BCUT2D eigenvalue weighted by molar-refractivity contribution is -0.122. The Morgan fingerprint density at radius 3 is 2.74 bits per heavy atom. The number of aromatic nitrogens is 2. The monoisotopic (exact) mass is 341 g/mol. The molecule has 1 aromatic heterocycles. The van der Waals surface area contributed by atoms with Crippen LogP contribution in [0.4, 0.5) is 0 Å². The van der Waals surface area contributed by atoms with Crippen LogP contribution in [0, 0.1) is 13.8 Å². The molecule has 130 valence electrons. The molecule has 2 rings (SSSR count). The zero-order valence-electron chi connectivity index (χ0n) is 14.6. The first-order valence-electron chi connectivity index (χ1n) is 8.23. The van der Waals surface area contributed by atoms with Crippen LogP contribution in [0.5, 0.6) is 0 Å². The molecule has 1 aromatic rings. The molecule has 0 unspecified atom stereocenters. The molecule has 1 aliphatic rings. The Morgan fingerprint density at radius 1 is 1.35 bits per heavy atom. The Hall–Kier alpha value is -1.11. The fourth-order valence-electron chi connectivity index (χ4n) is 2.96. The first-order valence-corrected chi connectivity index (χ1v) is 8.61. The molecule has 1 aliphatic heterocycles. The van der Waals surface area contributed by atoms with Crippen molar-refractivity contribution >= 4 is 17.5 Å². The van der Waals surface area contributed by atoms with Gasteiger partial charge in [0.25, 0.3) is 0 Å². The number of hydrogen-bond donors (Lipinski definition) is 1. The van der Waals surface area contributed by atoms with Crippen LogP contribution in [0.2, 0.25) is 5.02 Å². The number of halogens is 1. The third-order valence-electron chi connectivity index (χ3n) is 4.56. The highest BCUT2D eigenvalue weighted by Crippen LogP contribution is 2.18. The van der Waals surface area contributed by atoms with Crippen LogP contribution in [0.3, 0.4) is 0 Å². The lowest BCUT2D eigenvalue weighted by Gasteiger charge is -2.37. The molecule has 2 heterocycles. The zero-order chi connectivity index (χ0) is 17.0. The highest BCUT2D eigenvalue weighted by Gasteiger charge is 2.24. The highest BCUT2D eigenvalue weighted by atomic mass is 35.5. The van der Waals surface area contributed by atoms with E-state index in [1.807, 2.05) is 18.5 Å². The maximum atomic E-state index is 12.1. The van der Waals surface area contributed by atoms with Crippen LogP contribution in [0.15, 0.2) is 0 Å². The van der Waals surface area contributed by atoms with Crippen molar-refractivity contribution in [2.45, 2.75) is 39.3 Å². The summed E-state index contributed by atoms with van der Waals surface area (Å²) in [4.78, 5) is 16.7. The molecule has 0 bridgehead atoms. The maximum absolute atomic E-state index is 12.1. The van der Waals surface area contributed by atoms with E-state index in [-0.39, 0.29) is 5.91 Å². The summed E-state index contributed by atoms with van der Waals surface area (Å²) in [6.45, 7) is 8.36. The summed E-state index contributed by atoms with van der Waals surface area (Å²) >= 11 is 6.13. The van der Waals surface area contributed by atoms with Gasteiger partial charge in [-0.05, 0) is 34.4 Å². The molecule has 1 amide bonds. The van der Waals surface area contributed by atoms with Crippen LogP contribution < -0.4 is 5.32 Å². The first-order chi connectivity index (χ1) is 10.9. The van der Waals surface area contributed by atoms with Gasteiger partial charge < -0.3 is 15.1 Å². The molecular weight excluding hydrogens is 314 g/mol. The van der Waals surface area contributed by atoms with Gasteiger partial charge >= 0.3 is 0 Å². The number of nitrogens with zero attached hydrogens (tertiary/aromatic N) is 4. The Labute approximate surface area is 143 Å². The summed E-state index contributed by atoms with van der Waals surface area (Å²) in [6.07, 6.45) is 1.41. The minimum Gasteiger partial charge on any atom is -0.356 e. The summed E-state index contributed by atoms with van der Waals surface area (Å²) in [6, 6.07) is 0.309. The standard InChI is InChI=1S/C16H28ClN5O/c1-12-16(17)13(2)22(19-12)7-5-6-18-15(23)10-14-11-20(3)8-9-21(14)4/h14H,5-11H2,1-4H3,(H,18,23)/t14-/m1/s1. The number of rotatable bonds is 6. The predicted molar refractivity (Wildman–Crippen MR) is 92.9 cm³/mol. The molecule has 0 saturated carbocycles. The molecule has 0 radical (unpaired) electrons. The number of nitrogens with one attached hydrogen (secondary N) is 1. The van der Waals surface area contributed by atoms with Crippen LogP contribution in [0.1, 0.15) is 24.2 Å². The van der Waals surface area contributed by atoms with Gasteiger partial charge in [-0.1, -0.05) is 11.6 Å². The molecule has 7 heteroatoms. The van der Waals surface area contributed by atoms with E-state index in [2.05, 4.69) is 34.3 Å². The summed E-state index contributed by atoms with van der Waals surface area (Å²) in [5.74, 6) is 0.128. The van der Waals surface area contributed by atoms with Crippen molar-refractivity contribution in [2.24, 2.45) is 0 Å². The fraction of sp³-hybridized carbons (Fsp3) is 0.750. The average molecular weight is 342 g/mol. The molecule has 1 N–H and O–H groups in total. The Morgan fingerprint density at radius 2 is 2.09 bits per heavy atom. The first kappa shape index (κ1) is 18.2. The average Bonchev–Trinajstić information content (AvgIpc) is 2.75. The molecule has 1 saturated heterocycles. The minimum atomic E-state index is 0.128. The second-order valence-electron chi connectivity index (χ2n) is 6.51. The zero-order valence-corrected chi connectivity index (χ0v) is 15.4.